The first-order chi connectivity index (χ1) is 15.1. The number of carboxylic acid groups (broad SMARTS) is 1. The van der Waals surface area contributed by atoms with E-state index < -0.39 is 12.0 Å². The van der Waals surface area contributed by atoms with E-state index in [1.807, 2.05) is 60.7 Å². The van der Waals surface area contributed by atoms with Crippen molar-refractivity contribution in [2.75, 3.05) is 0 Å². The van der Waals surface area contributed by atoms with E-state index in [4.69, 9.17) is 0 Å². The van der Waals surface area contributed by atoms with Gasteiger partial charge in [-0.25, -0.2) is 4.79 Å². The van der Waals surface area contributed by atoms with E-state index in [2.05, 4.69) is 17.3 Å². The largest absolute Gasteiger partial charge is 0.480 e. The highest BCUT2D eigenvalue weighted by Crippen LogP contribution is 2.23. The van der Waals surface area contributed by atoms with Crippen molar-refractivity contribution in [3.05, 3.63) is 89.7 Å². The average molecular weight is 420 g/mol. The smallest absolute Gasteiger partial charge is 0.328 e. The van der Waals surface area contributed by atoms with Crippen LogP contribution in [0, 0.1) is 0 Å². The minimum absolute atomic E-state index is 0.293. The van der Waals surface area contributed by atoms with Gasteiger partial charge >= 0.3 is 5.97 Å². The second-order valence-electron chi connectivity index (χ2n) is 7.64. The number of amides is 1. The minimum Gasteiger partial charge on any atom is -0.480 e. The van der Waals surface area contributed by atoms with Crippen molar-refractivity contribution < 1.29 is 14.7 Å². The lowest BCUT2D eigenvalue weighted by Gasteiger charge is -2.19. The lowest BCUT2D eigenvalue weighted by molar-refractivity contribution is -0.141. The Bertz CT molecular complexity index is 930. The van der Waals surface area contributed by atoms with Crippen LogP contribution in [0.4, 0.5) is 0 Å². The first-order valence-electron chi connectivity index (χ1n) is 10.8. The van der Waals surface area contributed by atoms with Crippen LogP contribution in [0.1, 0.15) is 72.6 Å². The van der Waals surface area contributed by atoms with Crippen molar-refractivity contribution in [3.63, 3.8) is 0 Å². The van der Waals surface area contributed by atoms with Gasteiger partial charge in [-0.05, 0) is 17.5 Å². The summed E-state index contributed by atoms with van der Waals surface area (Å²) in [7, 11) is 0. The van der Waals surface area contributed by atoms with E-state index in [0.29, 0.717) is 12.0 Å². The molecule has 0 aliphatic carbocycles. The van der Waals surface area contributed by atoms with Crippen molar-refractivity contribution >= 4 is 11.9 Å². The number of benzene rings is 2. The highest BCUT2D eigenvalue weighted by molar-refractivity contribution is 5.94. The second-order valence-corrected chi connectivity index (χ2v) is 7.64. The van der Waals surface area contributed by atoms with Crippen LogP contribution in [-0.4, -0.2) is 26.8 Å². The molecule has 1 aromatic heterocycles. The van der Waals surface area contributed by atoms with Crippen LogP contribution in [0.25, 0.3) is 0 Å². The topological polar surface area (TPSA) is 84.2 Å². The maximum absolute atomic E-state index is 13.0. The number of carbonyl (C=O) groups is 2. The maximum atomic E-state index is 13.0. The molecule has 31 heavy (non-hydrogen) atoms. The van der Waals surface area contributed by atoms with Gasteiger partial charge in [0.25, 0.3) is 5.91 Å². The van der Waals surface area contributed by atoms with E-state index in [1.165, 1.54) is 17.1 Å². The molecular weight excluding hydrogens is 390 g/mol. The molecule has 0 bridgehead atoms. The Labute approximate surface area is 182 Å². The van der Waals surface area contributed by atoms with Gasteiger partial charge in [0.15, 0.2) is 0 Å². The first kappa shape index (κ1) is 22.3. The molecule has 0 saturated carbocycles. The van der Waals surface area contributed by atoms with Gasteiger partial charge < -0.3 is 10.4 Å². The van der Waals surface area contributed by atoms with Crippen LogP contribution in [0.15, 0.2) is 73.1 Å². The normalized spacial score (nSPS) is 11.9. The summed E-state index contributed by atoms with van der Waals surface area (Å²) in [5.74, 6) is -1.22. The molecule has 1 amide bonds. The Kier molecular flexibility index (Phi) is 7.98. The molecule has 3 rings (SSSR count). The molecule has 1 atom stereocenters. The van der Waals surface area contributed by atoms with Crippen LogP contribution in [0.2, 0.25) is 0 Å². The SMILES string of the molecule is CCCCCCC(C(=O)O)n1cc(C(=O)NC(c2ccccc2)c2ccccc2)cn1. The molecule has 0 radical (unpaired) electrons. The molecule has 3 aromatic rings. The van der Waals surface area contributed by atoms with Gasteiger partial charge in [-0.1, -0.05) is 93.3 Å². The van der Waals surface area contributed by atoms with E-state index in [-0.39, 0.29) is 11.9 Å². The van der Waals surface area contributed by atoms with Gasteiger partial charge in [0.1, 0.15) is 6.04 Å². The lowest BCUT2D eigenvalue weighted by Crippen LogP contribution is -2.29. The van der Waals surface area contributed by atoms with Crippen LogP contribution >= 0.6 is 0 Å². The van der Waals surface area contributed by atoms with Crippen LogP contribution in [0.5, 0.6) is 0 Å². The van der Waals surface area contributed by atoms with Crippen LogP contribution < -0.4 is 5.32 Å². The fourth-order valence-corrected chi connectivity index (χ4v) is 3.62. The number of aliphatic carboxylic acids is 1. The third kappa shape index (κ3) is 6.04. The minimum atomic E-state index is -0.932. The number of carbonyl (C=O) groups excluding carboxylic acids is 1. The van der Waals surface area contributed by atoms with Crippen LogP contribution in [-0.2, 0) is 4.79 Å². The van der Waals surface area contributed by atoms with Crippen molar-refractivity contribution in [1.29, 1.82) is 0 Å². The van der Waals surface area contributed by atoms with Crippen molar-refractivity contribution in [1.82, 2.24) is 15.1 Å². The number of hydrogen-bond acceptors (Lipinski definition) is 3. The van der Waals surface area contributed by atoms with E-state index in [0.717, 1.165) is 36.8 Å². The van der Waals surface area contributed by atoms with Crippen molar-refractivity contribution in [3.8, 4) is 0 Å². The van der Waals surface area contributed by atoms with Gasteiger partial charge in [-0.2, -0.15) is 5.10 Å². The average Bonchev–Trinajstić information content (AvgIpc) is 3.28. The first-order valence-corrected chi connectivity index (χ1v) is 10.8. The highest BCUT2D eigenvalue weighted by Gasteiger charge is 2.23. The zero-order valence-corrected chi connectivity index (χ0v) is 17.8. The second kappa shape index (κ2) is 11.1. The Morgan fingerprint density at radius 3 is 2.13 bits per heavy atom. The molecule has 6 heteroatoms. The Hall–Kier alpha value is -3.41. The number of nitrogens with zero attached hydrogens (tertiary/aromatic N) is 2. The Morgan fingerprint density at radius 2 is 1.58 bits per heavy atom. The fourth-order valence-electron chi connectivity index (χ4n) is 3.62. The molecular formula is C25H29N3O3. The highest BCUT2D eigenvalue weighted by atomic mass is 16.4. The van der Waals surface area contributed by atoms with E-state index >= 15 is 0 Å². The Morgan fingerprint density at radius 1 is 0.968 bits per heavy atom. The summed E-state index contributed by atoms with van der Waals surface area (Å²) in [6, 6.07) is 18.4. The summed E-state index contributed by atoms with van der Waals surface area (Å²) in [5, 5.41) is 16.9. The number of unbranched alkanes of at least 4 members (excludes halogenated alkanes) is 3. The molecule has 1 unspecified atom stereocenters. The fraction of sp³-hybridized carbons (Fsp3) is 0.320. The summed E-state index contributed by atoms with van der Waals surface area (Å²) >= 11 is 0. The zero-order valence-electron chi connectivity index (χ0n) is 17.8. The molecule has 0 aliphatic rings. The monoisotopic (exact) mass is 419 g/mol. The number of aromatic nitrogens is 2. The standard InChI is InChI=1S/C25H29N3O3/c1-2-3-4-11-16-22(25(30)31)28-18-21(17-26-28)24(29)27-23(19-12-7-5-8-13-19)20-14-9-6-10-15-20/h5-10,12-15,17-18,22-23H,2-4,11,16H2,1H3,(H,27,29)(H,30,31). The quantitative estimate of drug-likeness (QED) is 0.429. The predicted molar refractivity (Wildman–Crippen MR) is 120 cm³/mol. The van der Waals surface area contributed by atoms with Gasteiger partial charge in [-0.3, -0.25) is 9.48 Å². The molecule has 1 heterocycles. The van der Waals surface area contributed by atoms with Gasteiger partial charge in [0, 0.05) is 6.20 Å². The molecule has 0 fully saturated rings. The third-order valence-corrected chi connectivity index (χ3v) is 5.34. The summed E-state index contributed by atoms with van der Waals surface area (Å²) in [6.07, 6.45) is 7.44. The van der Waals surface area contributed by atoms with Gasteiger partial charge in [0.05, 0.1) is 17.8 Å². The maximum Gasteiger partial charge on any atom is 0.328 e. The number of rotatable bonds is 11. The molecule has 162 valence electrons. The number of hydrogen-bond donors (Lipinski definition) is 2. The van der Waals surface area contributed by atoms with Gasteiger partial charge in [-0.15, -0.1) is 0 Å². The molecule has 6 nitrogen and oxygen atoms in total. The number of nitrogens with one attached hydrogen (secondary N) is 1. The lowest BCUT2D eigenvalue weighted by atomic mass is 9.98. The summed E-state index contributed by atoms with van der Waals surface area (Å²) in [5.41, 5.74) is 2.28. The molecule has 2 aromatic carbocycles. The number of carboxylic acids is 1. The molecule has 0 spiro atoms. The third-order valence-electron chi connectivity index (χ3n) is 5.34. The predicted octanol–water partition coefficient (Wildman–Crippen LogP) is 5.00. The van der Waals surface area contributed by atoms with Crippen molar-refractivity contribution in [2.45, 2.75) is 51.1 Å². The molecule has 0 saturated heterocycles. The zero-order chi connectivity index (χ0) is 22.1. The van der Waals surface area contributed by atoms with Crippen molar-refractivity contribution in [2.24, 2.45) is 0 Å². The summed E-state index contributed by atoms with van der Waals surface area (Å²) < 4.78 is 1.39. The summed E-state index contributed by atoms with van der Waals surface area (Å²) in [6.45, 7) is 2.12. The van der Waals surface area contributed by atoms with E-state index in [9.17, 15) is 14.7 Å². The van der Waals surface area contributed by atoms with Gasteiger partial charge in [0.2, 0.25) is 0 Å². The molecule has 0 aliphatic heterocycles. The Balaban J connectivity index is 1.76. The molecule has 2 N–H and O–H groups in total. The van der Waals surface area contributed by atoms with Crippen LogP contribution in [0.3, 0.4) is 0 Å². The summed E-state index contributed by atoms with van der Waals surface area (Å²) in [4.78, 5) is 24.7. The van der Waals surface area contributed by atoms with E-state index in [1.54, 1.807) is 0 Å².